The van der Waals surface area contributed by atoms with Crippen LogP contribution in [0, 0.1) is 0 Å². The third-order valence-electron chi connectivity index (χ3n) is 4.68. The van der Waals surface area contributed by atoms with E-state index in [0.717, 1.165) is 69.5 Å². The summed E-state index contributed by atoms with van der Waals surface area (Å²) in [5, 5.41) is 6.27. The summed E-state index contributed by atoms with van der Waals surface area (Å²) in [4.78, 5) is 18.9. The Hall–Kier alpha value is -1.99. The number of nitrogens with one attached hydrogen (secondary N) is 2. The van der Waals surface area contributed by atoms with Gasteiger partial charge in [0, 0.05) is 58.0 Å². The van der Waals surface area contributed by atoms with Crippen molar-refractivity contribution in [3.63, 3.8) is 0 Å². The lowest BCUT2D eigenvalue weighted by molar-refractivity contribution is 0.204. The average Bonchev–Trinajstić information content (AvgIpc) is 2.63. The molecule has 0 spiro atoms. The van der Waals surface area contributed by atoms with E-state index in [2.05, 4.69) is 27.5 Å². The summed E-state index contributed by atoms with van der Waals surface area (Å²) in [5.41, 5.74) is 1.86. The van der Waals surface area contributed by atoms with E-state index in [9.17, 15) is 4.79 Å². The second-order valence-electron chi connectivity index (χ2n) is 6.34. The van der Waals surface area contributed by atoms with Crippen molar-refractivity contribution in [2.75, 3.05) is 76.7 Å². The monoisotopic (exact) mass is 333 g/mol. The summed E-state index contributed by atoms with van der Waals surface area (Å²) in [6.45, 7) is 7.16. The number of piperazine rings is 2. The molecule has 24 heavy (non-hydrogen) atoms. The molecule has 0 saturated carbocycles. The maximum atomic E-state index is 12.4. The molecule has 2 fully saturated rings. The Morgan fingerprint density at radius 2 is 1.83 bits per heavy atom. The summed E-state index contributed by atoms with van der Waals surface area (Å²) < 4.78 is 5.52. The fourth-order valence-corrected chi connectivity index (χ4v) is 3.13. The fourth-order valence-electron chi connectivity index (χ4n) is 3.13. The summed E-state index contributed by atoms with van der Waals surface area (Å²) in [5.74, 6) is 0.847. The van der Waals surface area contributed by atoms with E-state index in [-0.39, 0.29) is 6.03 Å². The SMILES string of the molecule is COc1ccc(NC(=O)N2CCNCC2)cc1N1CCN(C)CC1. The molecule has 0 aliphatic carbocycles. The van der Waals surface area contributed by atoms with Gasteiger partial charge in [-0.2, -0.15) is 0 Å². The summed E-state index contributed by atoms with van der Waals surface area (Å²) in [6, 6.07) is 5.81. The lowest BCUT2D eigenvalue weighted by atomic mass is 10.2. The van der Waals surface area contributed by atoms with Crippen LogP contribution in [0.4, 0.5) is 16.2 Å². The minimum Gasteiger partial charge on any atom is -0.495 e. The fraction of sp³-hybridized carbons (Fsp3) is 0.588. The number of urea groups is 1. The topological polar surface area (TPSA) is 60.1 Å². The number of anilines is 2. The van der Waals surface area contributed by atoms with Gasteiger partial charge in [-0.1, -0.05) is 0 Å². The zero-order valence-electron chi connectivity index (χ0n) is 14.5. The number of methoxy groups -OCH3 is 1. The standard InChI is InChI=1S/C17H27N5O2/c1-20-9-11-21(12-10-20)15-13-14(3-4-16(15)24-2)19-17(23)22-7-5-18-6-8-22/h3-4,13,18H,5-12H2,1-2H3,(H,19,23). The Labute approximate surface area is 143 Å². The van der Waals surface area contributed by atoms with E-state index in [0.29, 0.717) is 0 Å². The number of benzene rings is 1. The number of carbonyl (C=O) groups excluding carboxylic acids is 1. The van der Waals surface area contributed by atoms with Crippen molar-refractivity contribution in [3.8, 4) is 5.75 Å². The van der Waals surface area contributed by atoms with Crippen LogP contribution in [0.5, 0.6) is 5.75 Å². The van der Waals surface area contributed by atoms with Crippen LogP contribution < -0.4 is 20.3 Å². The van der Waals surface area contributed by atoms with Crippen molar-refractivity contribution in [2.45, 2.75) is 0 Å². The summed E-state index contributed by atoms with van der Waals surface area (Å²) in [7, 11) is 3.83. The molecule has 7 heteroatoms. The second kappa shape index (κ2) is 7.72. The molecule has 0 unspecified atom stereocenters. The second-order valence-corrected chi connectivity index (χ2v) is 6.34. The first kappa shape index (κ1) is 16.9. The number of likely N-dealkylation sites (N-methyl/N-ethyl adjacent to an activating group) is 1. The van der Waals surface area contributed by atoms with Crippen LogP contribution in [-0.4, -0.2) is 82.3 Å². The van der Waals surface area contributed by atoms with E-state index < -0.39 is 0 Å². The number of ether oxygens (including phenoxy) is 1. The molecule has 0 radical (unpaired) electrons. The van der Waals surface area contributed by atoms with Gasteiger partial charge >= 0.3 is 6.03 Å². The maximum Gasteiger partial charge on any atom is 0.321 e. The number of nitrogens with zero attached hydrogens (tertiary/aromatic N) is 3. The van der Waals surface area contributed by atoms with Crippen molar-refractivity contribution in [1.29, 1.82) is 0 Å². The number of rotatable bonds is 3. The van der Waals surface area contributed by atoms with E-state index in [1.807, 2.05) is 23.1 Å². The van der Waals surface area contributed by atoms with Crippen LogP contribution in [-0.2, 0) is 0 Å². The van der Waals surface area contributed by atoms with Crippen molar-refractivity contribution < 1.29 is 9.53 Å². The molecule has 0 atom stereocenters. The normalized spacial score (nSPS) is 19.2. The molecule has 132 valence electrons. The predicted octanol–water partition coefficient (Wildman–Crippen LogP) is 0.884. The van der Waals surface area contributed by atoms with E-state index in [1.54, 1.807) is 7.11 Å². The highest BCUT2D eigenvalue weighted by Crippen LogP contribution is 2.32. The Morgan fingerprint density at radius 1 is 1.12 bits per heavy atom. The Morgan fingerprint density at radius 3 is 2.50 bits per heavy atom. The van der Waals surface area contributed by atoms with Crippen molar-refractivity contribution in [3.05, 3.63) is 18.2 Å². The molecule has 2 saturated heterocycles. The van der Waals surface area contributed by atoms with Gasteiger partial charge in [0.25, 0.3) is 0 Å². The molecule has 2 aliphatic heterocycles. The smallest absolute Gasteiger partial charge is 0.321 e. The zero-order valence-corrected chi connectivity index (χ0v) is 14.5. The largest absolute Gasteiger partial charge is 0.495 e. The minimum atomic E-state index is -0.0361. The van der Waals surface area contributed by atoms with Crippen LogP contribution in [0.25, 0.3) is 0 Å². The maximum absolute atomic E-state index is 12.4. The molecular formula is C17H27N5O2. The van der Waals surface area contributed by atoms with Gasteiger partial charge in [0.2, 0.25) is 0 Å². The van der Waals surface area contributed by atoms with Gasteiger partial charge in [0.05, 0.1) is 12.8 Å². The lowest BCUT2D eigenvalue weighted by Gasteiger charge is -2.35. The van der Waals surface area contributed by atoms with Gasteiger partial charge in [-0.15, -0.1) is 0 Å². The van der Waals surface area contributed by atoms with Crippen LogP contribution in [0.15, 0.2) is 18.2 Å². The molecule has 3 rings (SSSR count). The Kier molecular flexibility index (Phi) is 5.42. The quantitative estimate of drug-likeness (QED) is 0.860. The molecule has 2 N–H and O–H groups in total. The lowest BCUT2D eigenvalue weighted by Crippen LogP contribution is -2.48. The first-order valence-electron chi connectivity index (χ1n) is 8.55. The highest BCUT2D eigenvalue weighted by molar-refractivity contribution is 5.90. The molecular weight excluding hydrogens is 306 g/mol. The molecule has 0 aromatic heterocycles. The highest BCUT2D eigenvalue weighted by Gasteiger charge is 2.20. The van der Waals surface area contributed by atoms with Gasteiger partial charge in [-0.05, 0) is 25.2 Å². The minimum absolute atomic E-state index is 0.0361. The van der Waals surface area contributed by atoms with Crippen LogP contribution >= 0.6 is 0 Å². The zero-order chi connectivity index (χ0) is 16.9. The van der Waals surface area contributed by atoms with Crippen molar-refractivity contribution >= 4 is 17.4 Å². The van der Waals surface area contributed by atoms with Gasteiger partial charge in [0.1, 0.15) is 5.75 Å². The van der Waals surface area contributed by atoms with Gasteiger partial charge in [-0.25, -0.2) is 4.79 Å². The molecule has 0 bridgehead atoms. The summed E-state index contributed by atoms with van der Waals surface area (Å²) >= 11 is 0. The van der Waals surface area contributed by atoms with Gasteiger partial charge < -0.3 is 30.1 Å². The van der Waals surface area contributed by atoms with Crippen molar-refractivity contribution in [2.24, 2.45) is 0 Å². The molecule has 2 amide bonds. The van der Waals surface area contributed by atoms with E-state index in [4.69, 9.17) is 4.74 Å². The van der Waals surface area contributed by atoms with E-state index in [1.165, 1.54) is 0 Å². The van der Waals surface area contributed by atoms with Gasteiger partial charge in [0.15, 0.2) is 0 Å². The van der Waals surface area contributed by atoms with Gasteiger partial charge in [-0.3, -0.25) is 0 Å². The average molecular weight is 333 g/mol. The van der Waals surface area contributed by atoms with E-state index >= 15 is 0 Å². The van der Waals surface area contributed by atoms with Crippen LogP contribution in [0.3, 0.4) is 0 Å². The first-order chi connectivity index (χ1) is 11.7. The molecule has 7 nitrogen and oxygen atoms in total. The third kappa shape index (κ3) is 3.91. The highest BCUT2D eigenvalue weighted by atomic mass is 16.5. The third-order valence-corrected chi connectivity index (χ3v) is 4.68. The number of carbonyl (C=O) groups is 1. The number of hydrogen-bond acceptors (Lipinski definition) is 5. The Bertz CT molecular complexity index is 566. The Balaban J connectivity index is 1.72. The molecule has 1 aromatic rings. The molecule has 2 aliphatic rings. The predicted molar refractivity (Wildman–Crippen MR) is 96.2 cm³/mol. The molecule has 1 aromatic carbocycles. The summed E-state index contributed by atoms with van der Waals surface area (Å²) in [6.07, 6.45) is 0. The molecule has 2 heterocycles. The van der Waals surface area contributed by atoms with Crippen LogP contribution in [0.1, 0.15) is 0 Å². The number of hydrogen-bond donors (Lipinski definition) is 2. The first-order valence-corrected chi connectivity index (χ1v) is 8.55. The van der Waals surface area contributed by atoms with Crippen LogP contribution in [0.2, 0.25) is 0 Å². The number of amides is 2. The van der Waals surface area contributed by atoms with Crippen molar-refractivity contribution in [1.82, 2.24) is 15.1 Å².